The number of hydrogen-bond donors (Lipinski definition) is 0. The number of hydrogen-bond acceptors (Lipinski definition) is 0. The van der Waals surface area contributed by atoms with Crippen LogP contribution < -0.4 is 0 Å². The van der Waals surface area contributed by atoms with Crippen LogP contribution in [0, 0.1) is 24.4 Å². The average Bonchev–Trinajstić information content (AvgIpc) is 2.64. The summed E-state index contributed by atoms with van der Waals surface area (Å²) in [5.41, 5.74) is 3.42. The van der Waals surface area contributed by atoms with Crippen LogP contribution in [0.4, 0.5) is 13.2 Å². The molecule has 0 radical (unpaired) electrons. The van der Waals surface area contributed by atoms with E-state index in [1.807, 2.05) is 13.0 Å². The van der Waals surface area contributed by atoms with Crippen molar-refractivity contribution in [3.63, 3.8) is 0 Å². The fraction of sp³-hybridized carbons (Fsp3) is 0.130. The Kier molecular flexibility index (Phi) is 5.27. The second kappa shape index (κ2) is 7.61. The van der Waals surface area contributed by atoms with Crippen molar-refractivity contribution in [1.29, 1.82) is 0 Å². The third-order valence-corrected chi connectivity index (χ3v) is 4.38. The molecule has 132 valence electrons. The summed E-state index contributed by atoms with van der Waals surface area (Å²) in [6.45, 7) is 3.62. The quantitative estimate of drug-likeness (QED) is 0.452. The summed E-state index contributed by atoms with van der Waals surface area (Å²) in [6, 6.07) is 15.3. The normalized spacial score (nSPS) is 11.3. The van der Waals surface area contributed by atoms with E-state index in [1.54, 1.807) is 61.5 Å². The van der Waals surface area contributed by atoms with Gasteiger partial charge in [-0.05, 0) is 41.7 Å². The zero-order chi connectivity index (χ0) is 18.7. The van der Waals surface area contributed by atoms with Crippen molar-refractivity contribution >= 4 is 12.2 Å². The van der Waals surface area contributed by atoms with Gasteiger partial charge in [0.25, 0.3) is 0 Å². The van der Waals surface area contributed by atoms with Gasteiger partial charge < -0.3 is 0 Å². The molecule has 3 rings (SSSR count). The van der Waals surface area contributed by atoms with Gasteiger partial charge in [0.1, 0.15) is 5.82 Å². The van der Waals surface area contributed by atoms with Crippen LogP contribution in [-0.2, 0) is 6.42 Å². The van der Waals surface area contributed by atoms with Crippen LogP contribution in [0.3, 0.4) is 0 Å². The van der Waals surface area contributed by atoms with Crippen molar-refractivity contribution < 1.29 is 13.2 Å². The lowest BCUT2D eigenvalue weighted by atomic mass is 10.00. The molecule has 0 spiro atoms. The number of halogens is 3. The SMILES string of the molecule is CCc1ccc(-c2ccc(C=Cc3ccc(C)cc3F)cc2)c(F)c1F. The zero-order valence-electron chi connectivity index (χ0n) is 14.7. The van der Waals surface area contributed by atoms with E-state index >= 15 is 0 Å². The van der Waals surface area contributed by atoms with E-state index in [4.69, 9.17) is 0 Å². The van der Waals surface area contributed by atoms with E-state index in [0.29, 0.717) is 23.1 Å². The Morgan fingerprint density at radius 2 is 1.54 bits per heavy atom. The monoisotopic (exact) mass is 352 g/mol. The fourth-order valence-corrected chi connectivity index (χ4v) is 2.81. The smallest absolute Gasteiger partial charge is 0.166 e. The third kappa shape index (κ3) is 3.72. The standard InChI is InChI=1S/C23H19F3/c1-3-17-12-13-20(23(26)22(17)25)18-9-5-16(6-10-18)7-11-19-8-4-15(2)14-21(19)24/h4-14H,3H2,1-2H3. The second-order valence-corrected chi connectivity index (χ2v) is 6.23. The molecule has 0 saturated heterocycles. The predicted molar refractivity (Wildman–Crippen MR) is 101 cm³/mol. The first kappa shape index (κ1) is 18.0. The molecular formula is C23H19F3. The molecule has 0 fully saturated rings. The topological polar surface area (TPSA) is 0 Å². The number of aryl methyl sites for hydroxylation is 2. The van der Waals surface area contributed by atoms with Gasteiger partial charge in [-0.2, -0.15) is 0 Å². The van der Waals surface area contributed by atoms with Crippen LogP contribution in [0.1, 0.15) is 29.2 Å². The summed E-state index contributed by atoms with van der Waals surface area (Å²) in [6.07, 6.45) is 3.93. The lowest BCUT2D eigenvalue weighted by molar-refractivity contribution is 0.502. The minimum atomic E-state index is -0.825. The highest BCUT2D eigenvalue weighted by Gasteiger charge is 2.13. The average molecular weight is 352 g/mol. The van der Waals surface area contributed by atoms with Gasteiger partial charge in [0.05, 0.1) is 0 Å². The molecule has 0 aliphatic rings. The highest BCUT2D eigenvalue weighted by Crippen LogP contribution is 2.27. The summed E-state index contributed by atoms with van der Waals surface area (Å²) in [5, 5.41) is 0. The van der Waals surface area contributed by atoms with Crippen molar-refractivity contribution in [2.45, 2.75) is 20.3 Å². The molecule has 3 aromatic carbocycles. The molecule has 0 aliphatic heterocycles. The maximum atomic E-state index is 14.3. The molecular weight excluding hydrogens is 333 g/mol. The van der Waals surface area contributed by atoms with E-state index in [0.717, 1.165) is 11.1 Å². The molecule has 0 amide bonds. The Balaban J connectivity index is 1.85. The molecule has 0 N–H and O–H groups in total. The molecule has 0 heterocycles. The van der Waals surface area contributed by atoms with E-state index in [2.05, 4.69) is 0 Å². The summed E-state index contributed by atoms with van der Waals surface area (Å²) >= 11 is 0. The Hall–Kier alpha value is -2.81. The van der Waals surface area contributed by atoms with Crippen molar-refractivity contribution in [2.75, 3.05) is 0 Å². The molecule has 3 aromatic rings. The minimum Gasteiger partial charge on any atom is -0.206 e. The molecule has 0 aromatic heterocycles. The first-order valence-corrected chi connectivity index (χ1v) is 8.51. The van der Waals surface area contributed by atoms with Crippen LogP contribution in [0.15, 0.2) is 54.6 Å². The van der Waals surface area contributed by atoms with Crippen LogP contribution >= 0.6 is 0 Å². The van der Waals surface area contributed by atoms with Crippen LogP contribution in [0.5, 0.6) is 0 Å². The largest absolute Gasteiger partial charge is 0.206 e. The maximum Gasteiger partial charge on any atom is 0.166 e. The molecule has 0 aliphatic carbocycles. The van der Waals surface area contributed by atoms with Crippen molar-refractivity contribution in [3.8, 4) is 11.1 Å². The summed E-state index contributed by atoms with van der Waals surface area (Å²) < 4.78 is 42.1. The molecule has 0 unspecified atom stereocenters. The van der Waals surface area contributed by atoms with Gasteiger partial charge in [-0.1, -0.05) is 67.6 Å². The zero-order valence-corrected chi connectivity index (χ0v) is 14.7. The molecule has 0 nitrogen and oxygen atoms in total. The summed E-state index contributed by atoms with van der Waals surface area (Å²) in [4.78, 5) is 0. The lowest BCUT2D eigenvalue weighted by Gasteiger charge is -2.08. The molecule has 0 atom stereocenters. The van der Waals surface area contributed by atoms with E-state index in [1.165, 1.54) is 6.07 Å². The molecule has 26 heavy (non-hydrogen) atoms. The fourth-order valence-electron chi connectivity index (χ4n) is 2.81. The lowest BCUT2D eigenvalue weighted by Crippen LogP contribution is -1.95. The van der Waals surface area contributed by atoms with Crippen LogP contribution in [-0.4, -0.2) is 0 Å². The minimum absolute atomic E-state index is 0.236. The van der Waals surface area contributed by atoms with Gasteiger partial charge in [-0.15, -0.1) is 0 Å². The predicted octanol–water partition coefficient (Wildman–Crippen LogP) is 6.81. The van der Waals surface area contributed by atoms with Gasteiger partial charge in [0.15, 0.2) is 11.6 Å². The van der Waals surface area contributed by atoms with Crippen LogP contribution in [0.2, 0.25) is 0 Å². The van der Waals surface area contributed by atoms with Crippen molar-refractivity contribution in [3.05, 3.63) is 94.3 Å². The maximum absolute atomic E-state index is 14.3. The molecule has 0 saturated carbocycles. The Bertz CT molecular complexity index is 954. The first-order valence-electron chi connectivity index (χ1n) is 8.51. The van der Waals surface area contributed by atoms with Crippen LogP contribution in [0.25, 0.3) is 23.3 Å². The van der Waals surface area contributed by atoms with Crippen molar-refractivity contribution in [2.24, 2.45) is 0 Å². The van der Waals surface area contributed by atoms with Gasteiger partial charge in [-0.3, -0.25) is 0 Å². The van der Waals surface area contributed by atoms with Gasteiger partial charge >= 0.3 is 0 Å². The van der Waals surface area contributed by atoms with Crippen molar-refractivity contribution in [1.82, 2.24) is 0 Å². The van der Waals surface area contributed by atoms with E-state index in [-0.39, 0.29) is 11.4 Å². The number of benzene rings is 3. The summed E-state index contributed by atoms with van der Waals surface area (Å²) in [5.74, 6) is -1.88. The first-order chi connectivity index (χ1) is 12.5. The Morgan fingerprint density at radius 1 is 0.808 bits per heavy atom. The highest BCUT2D eigenvalue weighted by atomic mass is 19.2. The highest BCUT2D eigenvalue weighted by molar-refractivity contribution is 5.72. The molecule has 3 heteroatoms. The third-order valence-electron chi connectivity index (χ3n) is 4.38. The van der Waals surface area contributed by atoms with Gasteiger partial charge in [0.2, 0.25) is 0 Å². The Morgan fingerprint density at radius 3 is 2.19 bits per heavy atom. The molecule has 0 bridgehead atoms. The Labute approximate surface area is 151 Å². The van der Waals surface area contributed by atoms with E-state index in [9.17, 15) is 13.2 Å². The van der Waals surface area contributed by atoms with Gasteiger partial charge in [0, 0.05) is 11.1 Å². The summed E-state index contributed by atoms with van der Waals surface area (Å²) in [7, 11) is 0. The second-order valence-electron chi connectivity index (χ2n) is 6.23. The number of rotatable bonds is 4. The van der Waals surface area contributed by atoms with Gasteiger partial charge in [-0.25, -0.2) is 13.2 Å². The van der Waals surface area contributed by atoms with E-state index < -0.39 is 11.6 Å².